The Labute approximate surface area is 140 Å². The first-order valence-electron chi connectivity index (χ1n) is 6.37. The average Bonchev–Trinajstić information content (AvgIpc) is 2.53. The van der Waals surface area contributed by atoms with E-state index in [1.807, 2.05) is 0 Å². The summed E-state index contributed by atoms with van der Waals surface area (Å²) >= 11 is 5.78. The lowest BCUT2D eigenvalue weighted by molar-refractivity contribution is -0.385. The molecule has 9 nitrogen and oxygen atoms in total. The molecule has 0 saturated carbocycles. The molecule has 1 N–H and O–H groups in total. The van der Waals surface area contributed by atoms with Crippen LogP contribution < -0.4 is 4.74 Å². The van der Waals surface area contributed by atoms with Crippen molar-refractivity contribution in [2.75, 3.05) is 7.11 Å². The molecule has 2 rings (SSSR count). The van der Waals surface area contributed by atoms with Crippen LogP contribution in [-0.4, -0.2) is 28.3 Å². The summed E-state index contributed by atoms with van der Waals surface area (Å²) in [5.74, 6) is -0.396. The van der Waals surface area contributed by atoms with Gasteiger partial charge in [0.15, 0.2) is 11.5 Å². The van der Waals surface area contributed by atoms with Gasteiger partial charge in [0.1, 0.15) is 5.02 Å². The first-order valence-corrected chi connectivity index (χ1v) is 6.74. The highest BCUT2D eigenvalue weighted by atomic mass is 35.5. The predicted molar refractivity (Wildman–Crippen MR) is 86.7 cm³/mol. The number of phenols is 1. The molecule has 0 heterocycles. The van der Waals surface area contributed by atoms with Crippen LogP contribution in [0.15, 0.2) is 35.3 Å². The molecule has 2 aromatic carbocycles. The molecule has 0 atom stereocenters. The van der Waals surface area contributed by atoms with Crippen LogP contribution in [0, 0.1) is 20.2 Å². The summed E-state index contributed by atoms with van der Waals surface area (Å²) in [6, 6.07) is 6.00. The molecule has 0 bridgehead atoms. The van der Waals surface area contributed by atoms with Gasteiger partial charge in [0.2, 0.25) is 0 Å². The maximum absolute atomic E-state index is 10.9. The van der Waals surface area contributed by atoms with E-state index >= 15 is 0 Å². The number of ether oxygens (including phenoxy) is 1. The molecule has 0 radical (unpaired) electrons. The highest BCUT2D eigenvalue weighted by molar-refractivity contribution is 6.32. The number of hydrogen-bond acceptors (Lipinski definition) is 7. The molecule has 0 fully saturated rings. The zero-order valence-electron chi connectivity index (χ0n) is 12.2. The predicted octanol–water partition coefficient (Wildman–Crippen LogP) is 3.62. The number of hydrogen-bond donors (Lipinski definition) is 1. The fraction of sp³-hybridized carbons (Fsp3) is 0.0714. The summed E-state index contributed by atoms with van der Waals surface area (Å²) in [4.78, 5) is 24.3. The largest absolute Gasteiger partial charge is 0.504 e. The maximum atomic E-state index is 10.9. The number of nitro groups is 2. The van der Waals surface area contributed by atoms with Crippen molar-refractivity contribution in [1.29, 1.82) is 0 Å². The highest BCUT2D eigenvalue weighted by Gasteiger charge is 2.16. The van der Waals surface area contributed by atoms with E-state index in [0.29, 0.717) is 0 Å². The minimum atomic E-state index is -0.637. The Morgan fingerprint density at radius 3 is 2.46 bits per heavy atom. The third kappa shape index (κ3) is 3.58. The van der Waals surface area contributed by atoms with Gasteiger partial charge in [0, 0.05) is 23.9 Å². The van der Waals surface area contributed by atoms with Crippen molar-refractivity contribution in [1.82, 2.24) is 0 Å². The number of nitrogens with zero attached hydrogens (tertiary/aromatic N) is 3. The number of phenolic OH excluding ortho intramolecular Hbond substituents is 1. The van der Waals surface area contributed by atoms with E-state index in [9.17, 15) is 25.3 Å². The number of methoxy groups -OCH3 is 1. The van der Waals surface area contributed by atoms with Crippen LogP contribution in [0.1, 0.15) is 5.56 Å². The van der Waals surface area contributed by atoms with E-state index in [2.05, 4.69) is 4.99 Å². The smallest absolute Gasteiger partial charge is 0.288 e. The Morgan fingerprint density at radius 2 is 1.92 bits per heavy atom. The van der Waals surface area contributed by atoms with Gasteiger partial charge >= 0.3 is 0 Å². The Balaban J connectivity index is 2.41. The second kappa shape index (κ2) is 6.92. The summed E-state index contributed by atoms with van der Waals surface area (Å²) in [5.41, 5.74) is -0.227. The van der Waals surface area contributed by atoms with Gasteiger partial charge in [-0.25, -0.2) is 0 Å². The number of nitro benzene ring substituents is 2. The van der Waals surface area contributed by atoms with Crippen LogP contribution in [0.25, 0.3) is 0 Å². The number of halogens is 1. The van der Waals surface area contributed by atoms with Crippen LogP contribution in [0.5, 0.6) is 11.5 Å². The molecule has 0 aliphatic rings. The van der Waals surface area contributed by atoms with Crippen LogP contribution >= 0.6 is 11.6 Å². The van der Waals surface area contributed by atoms with E-state index in [1.165, 1.54) is 31.5 Å². The molecule has 0 aromatic heterocycles. The standard InChI is InChI=1S/C14H10ClN3O6/c1-24-13-6-10(17(20)21)4-8(14(13)19)7-16-9-2-3-12(18(22)23)11(15)5-9/h2-7,19H,1H3. The number of aromatic hydroxyl groups is 1. The first kappa shape index (κ1) is 17.2. The molecule has 0 spiro atoms. The molecular weight excluding hydrogens is 342 g/mol. The van der Waals surface area contributed by atoms with Gasteiger partial charge in [-0.05, 0) is 12.1 Å². The molecule has 124 valence electrons. The van der Waals surface area contributed by atoms with Crippen molar-refractivity contribution >= 4 is 34.9 Å². The van der Waals surface area contributed by atoms with Gasteiger partial charge in [0.25, 0.3) is 11.4 Å². The monoisotopic (exact) mass is 351 g/mol. The van der Waals surface area contributed by atoms with E-state index in [1.54, 1.807) is 0 Å². The normalized spacial score (nSPS) is 10.8. The third-order valence-corrected chi connectivity index (χ3v) is 3.30. The van der Waals surface area contributed by atoms with Gasteiger partial charge in [-0.15, -0.1) is 0 Å². The summed E-state index contributed by atoms with van der Waals surface area (Å²) in [7, 11) is 1.26. The van der Waals surface area contributed by atoms with Crippen LogP contribution in [0.2, 0.25) is 5.02 Å². The summed E-state index contributed by atoms with van der Waals surface area (Å²) in [6.45, 7) is 0. The highest BCUT2D eigenvalue weighted by Crippen LogP contribution is 2.34. The van der Waals surface area contributed by atoms with Crippen molar-refractivity contribution in [3.05, 3.63) is 61.1 Å². The quantitative estimate of drug-likeness (QED) is 0.497. The van der Waals surface area contributed by atoms with Crippen LogP contribution in [-0.2, 0) is 0 Å². The molecule has 0 amide bonds. The van der Waals surface area contributed by atoms with E-state index < -0.39 is 9.85 Å². The van der Waals surface area contributed by atoms with Crippen molar-refractivity contribution < 1.29 is 19.7 Å². The Bertz CT molecular complexity index is 853. The molecule has 10 heteroatoms. The minimum absolute atomic E-state index is 0.0514. The lowest BCUT2D eigenvalue weighted by Gasteiger charge is -2.06. The number of benzene rings is 2. The Hall–Kier alpha value is -3.20. The fourth-order valence-electron chi connectivity index (χ4n) is 1.84. The fourth-order valence-corrected chi connectivity index (χ4v) is 2.09. The lowest BCUT2D eigenvalue weighted by atomic mass is 10.1. The van der Waals surface area contributed by atoms with Crippen molar-refractivity contribution in [2.24, 2.45) is 4.99 Å². The molecule has 0 aliphatic carbocycles. The first-order chi connectivity index (χ1) is 11.3. The van der Waals surface area contributed by atoms with Crippen LogP contribution in [0.4, 0.5) is 17.1 Å². The topological polar surface area (TPSA) is 128 Å². The summed E-state index contributed by atoms with van der Waals surface area (Å²) < 4.78 is 4.88. The van der Waals surface area contributed by atoms with Gasteiger partial charge < -0.3 is 9.84 Å². The second-order valence-electron chi connectivity index (χ2n) is 4.49. The Morgan fingerprint density at radius 1 is 1.21 bits per heavy atom. The summed E-state index contributed by atoms with van der Waals surface area (Å²) in [6.07, 6.45) is 1.17. The van der Waals surface area contributed by atoms with E-state index in [4.69, 9.17) is 16.3 Å². The second-order valence-corrected chi connectivity index (χ2v) is 4.90. The summed E-state index contributed by atoms with van der Waals surface area (Å²) in [5, 5.41) is 31.5. The molecule has 2 aromatic rings. The molecule has 0 unspecified atom stereocenters. The van der Waals surface area contributed by atoms with Crippen molar-refractivity contribution in [3.8, 4) is 11.5 Å². The molecule has 0 saturated heterocycles. The van der Waals surface area contributed by atoms with Crippen molar-refractivity contribution in [2.45, 2.75) is 0 Å². The zero-order valence-corrected chi connectivity index (χ0v) is 12.9. The minimum Gasteiger partial charge on any atom is -0.504 e. The molecule has 24 heavy (non-hydrogen) atoms. The van der Waals surface area contributed by atoms with Gasteiger partial charge in [-0.2, -0.15) is 0 Å². The average molecular weight is 352 g/mol. The maximum Gasteiger partial charge on any atom is 0.288 e. The number of non-ortho nitro benzene ring substituents is 1. The van der Waals surface area contributed by atoms with Gasteiger partial charge in [-0.3, -0.25) is 25.2 Å². The molecule has 0 aliphatic heterocycles. The van der Waals surface area contributed by atoms with Gasteiger partial charge in [-0.1, -0.05) is 11.6 Å². The van der Waals surface area contributed by atoms with Crippen molar-refractivity contribution in [3.63, 3.8) is 0 Å². The lowest BCUT2D eigenvalue weighted by Crippen LogP contribution is -1.94. The van der Waals surface area contributed by atoms with E-state index in [-0.39, 0.29) is 39.1 Å². The molecular formula is C14H10ClN3O6. The number of aliphatic imine (C=N–C) groups is 1. The third-order valence-electron chi connectivity index (χ3n) is 3.00. The zero-order chi connectivity index (χ0) is 17.9. The van der Waals surface area contributed by atoms with Gasteiger partial charge in [0.05, 0.1) is 28.7 Å². The SMILES string of the molecule is COc1cc([N+](=O)[O-])cc(C=Nc2ccc([N+](=O)[O-])c(Cl)c2)c1O. The Kier molecular flexibility index (Phi) is 4.95. The van der Waals surface area contributed by atoms with E-state index in [0.717, 1.165) is 12.1 Å². The van der Waals surface area contributed by atoms with Crippen LogP contribution in [0.3, 0.4) is 0 Å². The number of rotatable bonds is 5.